The molecule has 1 unspecified atom stereocenters. The van der Waals surface area contributed by atoms with Gasteiger partial charge in [-0.15, -0.1) is 0 Å². The smallest absolute Gasteiger partial charge is 0.102 e. The maximum atomic E-state index is 10.4. The Labute approximate surface area is 96.3 Å². The molecule has 0 bridgehead atoms. The fourth-order valence-electron chi connectivity index (χ4n) is 1.52. The summed E-state index contributed by atoms with van der Waals surface area (Å²) in [6, 6.07) is 7.37. The van der Waals surface area contributed by atoms with Gasteiger partial charge in [0.05, 0.1) is 0 Å². The summed E-state index contributed by atoms with van der Waals surface area (Å²) in [4.78, 5) is 0. The first-order valence-corrected chi connectivity index (χ1v) is 5.69. The highest BCUT2D eigenvalue weighted by Gasteiger charge is 2.26. The summed E-state index contributed by atoms with van der Waals surface area (Å²) < 4.78 is 0. The molecule has 0 saturated carbocycles. The molecule has 0 aliphatic heterocycles. The molecule has 0 amide bonds. The van der Waals surface area contributed by atoms with E-state index in [9.17, 15) is 5.11 Å². The van der Waals surface area contributed by atoms with Crippen LogP contribution in [0.3, 0.4) is 0 Å². The van der Waals surface area contributed by atoms with Crippen LogP contribution in [-0.4, -0.2) is 18.2 Å². The van der Waals surface area contributed by atoms with E-state index in [0.29, 0.717) is 18.0 Å². The minimum absolute atomic E-state index is 0.571. The predicted octanol–water partition coefficient (Wildman–Crippen LogP) is 2.55. The van der Waals surface area contributed by atoms with E-state index < -0.39 is 5.60 Å². The van der Waals surface area contributed by atoms with Gasteiger partial charge in [0.25, 0.3) is 0 Å². The first-order chi connectivity index (χ1) is 7.12. The van der Waals surface area contributed by atoms with Crippen molar-refractivity contribution in [1.29, 1.82) is 0 Å². The van der Waals surface area contributed by atoms with Gasteiger partial charge in [-0.05, 0) is 30.7 Å². The van der Waals surface area contributed by atoms with Crippen molar-refractivity contribution in [1.82, 2.24) is 5.32 Å². The first-order valence-electron chi connectivity index (χ1n) is 5.31. The topological polar surface area (TPSA) is 32.3 Å². The lowest BCUT2D eigenvalue weighted by molar-refractivity contribution is 0.0332. The second-order valence-electron chi connectivity index (χ2n) is 3.67. The number of likely N-dealkylation sites (N-methyl/N-ethyl adjacent to an activating group) is 1. The van der Waals surface area contributed by atoms with E-state index in [1.807, 2.05) is 38.1 Å². The lowest BCUT2D eigenvalue weighted by atomic mass is 9.91. The Morgan fingerprint density at radius 2 is 1.87 bits per heavy atom. The molecule has 1 aromatic rings. The number of nitrogens with one attached hydrogen (secondary N) is 1. The van der Waals surface area contributed by atoms with E-state index in [1.165, 1.54) is 0 Å². The highest BCUT2D eigenvalue weighted by Crippen LogP contribution is 2.25. The minimum Gasteiger partial charge on any atom is -0.384 e. The zero-order chi connectivity index (χ0) is 11.3. The second kappa shape index (κ2) is 5.50. The fraction of sp³-hybridized carbons (Fsp3) is 0.500. The maximum Gasteiger partial charge on any atom is 0.102 e. The summed E-state index contributed by atoms with van der Waals surface area (Å²) >= 11 is 5.81. The van der Waals surface area contributed by atoms with Crippen LogP contribution in [0.15, 0.2) is 24.3 Å². The van der Waals surface area contributed by atoms with Crippen molar-refractivity contribution in [3.05, 3.63) is 34.9 Å². The van der Waals surface area contributed by atoms with Gasteiger partial charge in [-0.2, -0.15) is 0 Å². The van der Waals surface area contributed by atoms with Crippen LogP contribution in [0, 0.1) is 0 Å². The number of aliphatic hydroxyl groups is 1. The predicted molar refractivity (Wildman–Crippen MR) is 64.2 cm³/mol. The summed E-state index contributed by atoms with van der Waals surface area (Å²) in [7, 11) is 0. The molecule has 1 aromatic carbocycles. The third-order valence-electron chi connectivity index (χ3n) is 2.63. The van der Waals surface area contributed by atoms with Crippen LogP contribution in [0.5, 0.6) is 0 Å². The number of halogens is 1. The van der Waals surface area contributed by atoms with E-state index in [0.717, 1.165) is 12.1 Å². The lowest BCUT2D eigenvalue weighted by Gasteiger charge is -2.27. The molecular formula is C12H18ClNO. The standard InChI is InChI=1S/C12H18ClNO/c1-3-12(15,9-14-4-2)10-5-7-11(13)8-6-10/h5-8,14-15H,3-4,9H2,1-2H3. The molecule has 0 aromatic heterocycles. The summed E-state index contributed by atoms with van der Waals surface area (Å²) in [5.74, 6) is 0. The van der Waals surface area contributed by atoms with Crippen molar-refractivity contribution in [3.63, 3.8) is 0 Å². The van der Waals surface area contributed by atoms with Crippen LogP contribution in [0.2, 0.25) is 5.02 Å². The van der Waals surface area contributed by atoms with Gasteiger partial charge in [0, 0.05) is 11.6 Å². The Morgan fingerprint density at radius 1 is 1.27 bits per heavy atom. The van der Waals surface area contributed by atoms with Crippen LogP contribution in [0.4, 0.5) is 0 Å². The fourth-order valence-corrected chi connectivity index (χ4v) is 1.65. The monoisotopic (exact) mass is 227 g/mol. The molecule has 2 nitrogen and oxygen atoms in total. The first kappa shape index (κ1) is 12.5. The minimum atomic E-state index is -0.791. The number of hydrogen-bond donors (Lipinski definition) is 2. The van der Waals surface area contributed by atoms with Crippen LogP contribution >= 0.6 is 11.6 Å². The van der Waals surface area contributed by atoms with Gasteiger partial charge in [0.2, 0.25) is 0 Å². The SMILES string of the molecule is CCNCC(O)(CC)c1ccc(Cl)cc1. The van der Waals surface area contributed by atoms with E-state index in [1.54, 1.807) is 0 Å². The van der Waals surface area contributed by atoms with Gasteiger partial charge in [-0.1, -0.05) is 37.6 Å². The molecule has 3 heteroatoms. The van der Waals surface area contributed by atoms with E-state index >= 15 is 0 Å². The van der Waals surface area contributed by atoms with Crippen LogP contribution in [0.25, 0.3) is 0 Å². The van der Waals surface area contributed by atoms with Gasteiger partial charge >= 0.3 is 0 Å². The van der Waals surface area contributed by atoms with Crippen molar-refractivity contribution < 1.29 is 5.11 Å². The van der Waals surface area contributed by atoms with Gasteiger partial charge in [0.15, 0.2) is 0 Å². The lowest BCUT2D eigenvalue weighted by Crippen LogP contribution is -2.37. The zero-order valence-corrected chi connectivity index (χ0v) is 10.0. The summed E-state index contributed by atoms with van der Waals surface area (Å²) in [6.45, 7) is 5.43. The molecule has 84 valence electrons. The van der Waals surface area contributed by atoms with Crippen molar-refractivity contribution in [2.75, 3.05) is 13.1 Å². The van der Waals surface area contributed by atoms with Crippen LogP contribution in [-0.2, 0) is 5.60 Å². The Kier molecular flexibility index (Phi) is 4.58. The Hall–Kier alpha value is -0.570. The molecule has 1 atom stereocenters. The molecule has 15 heavy (non-hydrogen) atoms. The van der Waals surface area contributed by atoms with Gasteiger partial charge in [-0.3, -0.25) is 0 Å². The van der Waals surface area contributed by atoms with Crippen molar-refractivity contribution >= 4 is 11.6 Å². The molecule has 0 radical (unpaired) electrons. The summed E-state index contributed by atoms with van der Waals surface area (Å²) in [6.07, 6.45) is 0.682. The molecule has 2 N–H and O–H groups in total. The van der Waals surface area contributed by atoms with E-state index in [2.05, 4.69) is 5.32 Å². The quantitative estimate of drug-likeness (QED) is 0.811. The number of rotatable bonds is 5. The van der Waals surface area contributed by atoms with Crippen molar-refractivity contribution in [2.24, 2.45) is 0 Å². The average Bonchev–Trinajstić information content (AvgIpc) is 2.27. The highest BCUT2D eigenvalue weighted by molar-refractivity contribution is 6.30. The van der Waals surface area contributed by atoms with E-state index in [-0.39, 0.29) is 0 Å². The van der Waals surface area contributed by atoms with E-state index in [4.69, 9.17) is 11.6 Å². The third kappa shape index (κ3) is 3.20. The third-order valence-corrected chi connectivity index (χ3v) is 2.89. The summed E-state index contributed by atoms with van der Waals surface area (Å²) in [5.41, 5.74) is 0.121. The number of benzene rings is 1. The molecule has 1 rings (SSSR count). The van der Waals surface area contributed by atoms with Gasteiger partial charge < -0.3 is 10.4 Å². The van der Waals surface area contributed by atoms with Crippen LogP contribution < -0.4 is 5.32 Å². The molecule has 0 aliphatic rings. The molecule has 0 fully saturated rings. The van der Waals surface area contributed by atoms with Gasteiger partial charge in [0.1, 0.15) is 5.60 Å². The van der Waals surface area contributed by atoms with Crippen molar-refractivity contribution in [3.8, 4) is 0 Å². The summed E-state index contributed by atoms with van der Waals surface area (Å²) in [5, 5.41) is 14.3. The molecular weight excluding hydrogens is 210 g/mol. The maximum absolute atomic E-state index is 10.4. The Morgan fingerprint density at radius 3 is 2.33 bits per heavy atom. The van der Waals surface area contributed by atoms with Crippen LogP contribution in [0.1, 0.15) is 25.8 Å². The highest BCUT2D eigenvalue weighted by atomic mass is 35.5. The number of hydrogen-bond acceptors (Lipinski definition) is 2. The molecule has 0 saturated heterocycles. The Balaban J connectivity index is 2.85. The Bertz CT molecular complexity index is 299. The van der Waals surface area contributed by atoms with Gasteiger partial charge in [-0.25, -0.2) is 0 Å². The zero-order valence-electron chi connectivity index (χ0n) is 9.26. The molecule has 0 aliphatic carbocycles. The van der Waals surface area contributed by atoms with Crippen molar-refractivity contribution in [2.45, 2.75) is 25.9 Å². The molecule has 0 spiro atoms. The molecule has 0 heterocycles. The second-order valence-corrected chi connectivity index (χ2v) is 4.11. The average molecular weight is 228 g/mol. The normalized spacial score (nSPS) is 14.9. The largest absolute Gasteiger partial charge is 0.384 e.